The monoisotopic (exact) mass is 302 g/mol. The van der Waals surface area contributed by atoms with Crippen LogP contribution in [0.2, 0.25) is 5.02 Å². The number of allylic oxidation sites excluding steroid dienone is 3. The van der Waals surface area contributed by atoms with Gasteiger partial charge in [-0.25, -0.2) is 5.43 Å². The Labute approximate surface area is 130 Å². The van der Waals surface area contributed by atoms with Gasteiger partial charge in [-0.05, 0) is 62.4 Å². The molecule has 1 aromatic carbocycles. The van der Waals surface area contributed by atoms with Crippen LogP contribution < -0.4 is 5.43 Å². The highest BCUT2D eigenvalue weighted by Gasteiger charge is 2.18. The maximum Gasteiger partial charge on any atom is 0.271 e. The molecule has 0 aromatic heterocycles. The fraction of sp³-hybridized carbons (Fsp3) is 0.294. The number of carbonyl (C=O) groups excluding carboxylic acids is 1. The number of benzene rings is 1. The highest BCUT2D eigenvalue weighted by Crippen LogP contribution is 2.26. The Morgan fingerprint density at radius 2 is 2.05 bits per heavy atom. The maximum absolute atomic E-state index is 12.0. The van der Waals surface area contributed by atoms with Gasteiger partial charge < -0.3 is 0 Å². The Morgan fingerprint density at radius 3 is 2.67 bits per heavy atom. The minimum absolute atomic E-state index is 0.232. The van der Waals surface area contributed by atoms with Crippen LogP contribution in [0.4, 0.5) is 0 Å². The minimum atomic E-state index is -0.232. The molecule has 0 heterocycles. The van der Waals surface area contributed by atoms with Gasteiger partial charge in [-0.1, -0.05) is 29.8 Å². The van der Waals surface area contributed by atoms with E-state index in [1.54, 1.807) is 24.3 Å². The first-order chi connectivity index (χ1) is 9.97. The van der Waals surface area contributed by atoms with Crippen molar-refractivity contribution in [2.45, 2.75) is 26.7 Å². The summed E-state index contributed by atoms with van der Waals surface area (Å²) in [6.07, 6.45) is 3.96. The fourth-order valence-corrected chi connectivity index (χ4v) is 2.33. The van der Waals surface area contributed by atoms with E-state index in [1.807, 2.05) is 13.8 Å². The number of carbonyl (C=O) groups is 1. The zero-order valence-corrected chi connectivity index (χ0v) is 13.1. The molecule has 3 nitrogen and oxygen atoms in total. The Kier molecular flexibility index (Phi) is 4.97. The average molecular weight is 303 g/mol. The molecule has 4 heteroatoms. The average Bonchev–Trinajstić information content (AvgIpc) is 2.46. The number of nitrogens with one attached hydrogen (secondary N) is 1. The van der Waals surface area contributed by atoms with E-state index in [4.69, 9.17) is 11.6 Å². The van der Waals surface area contributed by atoms with E-state index < -0.39 is 0 Å². The van der Waals surface area contributed by atoms with Crippen molar-refractivity contribution in [3.05, 3.63) is 58.7 Å². The van der Waals surface area contributed by atoms with Gasteiger partial charge in [0.2, 0.25) is 0 Å². The molecule has 0 saturated carbocycles. The van der Waals surface area contributed by atoms with Gasteiger partial charge in [0.1, 0.15) is 0 Å². The van der Waals surface area contributed by atoms with Gasteiger partial charge in [0.15, 0.2) is 0 Å². The van der Waals surface area contributed by atoms with Crippen molar-refractivity contribution < 1.29 is 4.79 Å². The molecular formula is C17H19ClN2O. The zero-order valence-electron chi connectivity index (χ0n) is 12.3. The van der Waals surface area contributed by atoms with E-state index >= 15 is 0 Å². The maximum atomic E-state index is 12.0. The molecule has 1 unspecified atom stereocenters. The summed E-state index contributed by atoms with van der Waals surface area (Å²) < 4.78 is 0. The van der Waals surface area contributed by atoms with Crippen molar-refractivity contribution in [3.8, 4) is 0 Å². The quantitative estimate of drug-likeness (QED) is 0.654. The second kappa shape index (κ2) is 6.72. The number of hydrogen-bond donors (Lipinski definition) is 1. The molecule has 21 heavy (non-hydrogen) atoms. The van der Waals surface area contributed by atoms with Crippen LogP contribution in [-0.2, 0) is 0 Å². The van der Waals surface area contributed by atoms with Crippen molar-refractivity contribution in [2.75, 3.05) is 0 Å². The molecule has 0 spiro atoms. The van der Waals surface area contributed by atoms with Crippen molar-refractivity contribution in [2.24, 2.45) is 11.0 Å². The van der Waals surface area contributed by atoms with Crippen LogP contribution in [0, 0.1) is 5.92 Å². The number of rotatable bonds is 3. The third-order valence-corrected chi connectivity index (χ3v) is 3.95. The van der Waals surface area contributed by atoms with Gasteiger partial charge in [0.25, 0.3) is 5.91 Å². The lowest BCUT2D eigenvalue weighted by Gasteiger charge is -2.22. The number of hydrazone groups is 1. The van der Waals surface area contributed by atoms with Gasteiger partial charge >= 0.3 is 0 Å². The van der Waals surface area contributed by atoms with Crippen LogP contribution in [0.15, 0.2) is 53.2 Å². The lowest BCUT2D eigenvalue weighted by atomic mass is 9.85. The minimum Gasteiger partial charge on any atom is -0.267 e. The lowest BCUT2D eigenvalue weighted by Crippen LogP contribution is -2.23. The second-order valence-electron chi connectivity index (χ2n) is 5.38. The molecule has 0 saturated heterocycles. The van der Waals surface area contributed by atoms with Gasteiger partial charge in [-0.3, -0.25) is 4.79 Å². The van der Waals surface area contributed by atoms with Gasteiger partial charge in [-0.15, -0.1) is 0 Å². The first-order valence-corrected chi connectivity index (χ1v) is 7.30. The van der Waals surface area contributed by atoms with Crippen molar-refractivity contribution in [1.82, 2.24) is 5.43 Å². The molecule has 0 fully saturated rings. The Morgan fingerprint density at radius 1 is 1.38 bits per heavy atom. The van der Waals surface area contributed by atoms with Crippen molar-refractivity contribution >= 4 is 23.2 Å². The molecular weight excluding hydrogens is 284 g/mol. The zero-order chi connectivity index (χ0) is 15.4. The van der Waals surface area contributed by atoms with Crippen molar-refractivity contribution in [3.63, 3.8) is 0 Å². The van der Waals surface area contributed by atoms with Crippen LogP contribution in [0.1, 0.15) is 37.0 Å². The number of hydrogen-bond acceptors (Lipinski definition) is 2. The Balaban J connectivity index is 2.07. The molecule has 0 aliphatic heterocycles. The van der Waals surface area contributed by atoms with E-state index in [9.17, 15) is 4.79 Å². The molecule has 1 aliphatic rings. The molecule has 0 bridgehead atoms. The number of halogens is 1. The van der Waals surface area contributed by atoms with Crippen LogP contribution in [0.25, 0.3) is 0 Å². The normalized spacial score (nSPS) is 20.0. The summed E-state index contributed by atoms with van der Waals surface area (Å²) in [6, 6.07) is 6.73. The van der Waals surface area contributed by atoms with Crippen LogP contribution in [0.3, 0.4) is 0 Å². The van der Waals surface area contributed by atoms with Gasteiger partial charge in [-0.2, -0.15) is 5.10 Å². The van der Waals surface area contributed by atoms with E-state index in [2.05, 4.69) is 23.2 Å². The van der Waals surface area contributed by atoms with Gasteiger partial charge in [0.05, 0.1) is 5.71 Å². The molecule has 1 aliphatic carbocycles. The standard InChI is InChI=1S/C17H19ClN2O/c1-11(2)14-5-4-12(3)16(10-14)19-20-17(21)13-6-8-15(18)9-7-13/h4,6-9,14H,1,5,10H2,2-3H3,(H,20,21). The number of nitrogens with zero attached hydrogens (tertiary/aromatic N) is 1. The molecule has 2 rings (SSSR count). The summed E-state index contributed by atoms with van der Waals surface area (Å²) in [5.74, 6) is 0.171. The third kappa shape index (κ3) is 4.05. The van der Waals surface area contributed by atoms with Crippen molar-refractivity contribution in [1.29, 1.82) is 0 Å². The smallest absolute Gasteiger partial charge is 0.267 e. The summed E-state index contributed by atoms with van der Waals surface area (Å²) >= 11 is 5.80. The van der Waals surface area contributed by atoms with E-state index in [0.29, 0.717) is 16.5 Å². The first-order valence-electron chi connectivity index (χ1n) is 6.92. The summed E-state index contributed by atoms with van der Waals surface area (Å²) in [5.41, 5.74) is 6.33. The van der Waals surface area contributed by atoms with E-state index in [1.165, 1.54) is 0 Å². The van der Waals surface area contributed by atoms with Crippen LogP contribution >= 0.6 is 11.6 Å². The molecule has 1 atom stereocenters. The Bertz CT molecular complexity index is 614. The van der Waals surface area contributed by atoms with E-state index in [-0.39, 0.29) is 5.91 Å². The highest BCUT2D eigenvalue weighted by molar-refractivity contribution is 6.30. The summed E-state index contributed by atoms with van der Waals surface area (Å²) in [4.78, 5) is 12.0. The predicted octanol–water partition coefficient (Wildman–Crippen LogP) is 4.36. The van der Waals surface area contributed by atoms with E-state index in [0.717, 1.165) is 29.7 Å². The molecule has 1 aromatic rings. The summed E-state index contributed by atoms with van der Waals surface area (Å²) in [7, 11) is 0. The SMILES string of the molecule is C=C(C)C1CC=C(C)C(=NNC(=O)c2ccc(Cl)cc2)C1. The lowest BCUT2D eigenvalue weighted by molar-refractivity contribution is 0.0954. The molecule has 0 radical (unpaired) electrons. The van der Waals surface area contributed by atoms with Crippen LogP contribution in [0.5, 0.6) is 0 Å². The highest BCUT2D eigenvalue weighted by atomic mass is 35.5. The van der Waals surface area contributed by atoms with Crippen LogP contribution in [-0.4, -0.2) is 11.6 Å². The summed E-state index contributed by atoms with van der Waals surface area (Å²) in [5, 5.41) is 4.88. The fourth-order valence-electron chi connectivity index (χ4n) is 2.21. The second-order valence-corrected chi connectivity index (χ2v) is 5.81. The first kappa shape index (κ1) is 15.5. The molecule has 1 amide bonds. The van der Waals surface area contributed by atoms with Gasteiger partial charge in [0, 0.05) is 10.6 Å². The predicted molar refractivity (Wildman–Crippen MR) is 87.6 cm³/mol. The third-order valence-electron chi connectivity index (χ3n) is 3.70. The largest absolute Gasteiger partial charge is 0.271 e. The Hall–Kier alpha value is -1.87. The molecule has 1 N–H and O–H groups in total. The summed E-state index contributed by atoms with van der Waals surface area (Å²) in [6.45, 7) is 8.05. The molecule has 110 valence electrons. The number of amides is 1. The topological polar surface area (TPSA) is 41.5 Å².